The van der Waals surface area contributed by atoms with E-state index in [9.17, 15) is 4.79 Å². The molecular weight excluding hydrogens is 226 g/mol. The minimum Gasteiger partial charge on any atom is -0.374 e. The first kappa shape index (κ1) is 14.0. The van der Waals surface area contributed by atoms with Crippen LogP contribution in [0.2, 0.25) is 0 Å². The van der Waals surface area contributed by atoms with Crippen LogP contribution >= 0.6 is 0 Å². The molecule has 0 saturated heterocycles. The number of nitrogens with zero attached hydrogens (tertiary/aromatic N) is 1. The van der Waals surface area contributed by atoms with Gasteiger partial charge in [0.05, 0.1) is 11.6 Å². The zero-order valence-corrected chi connectivity index (χ0v) is 11.1. The molecule has 1 amide bonds. The second-order valence-corrected chi connectivity index (χ2v) is 4.30. The van der Waals surface area contributed by atoms with Crippen molar-refractivity contribution < 1.29 is 4.79 Å². The molecule has 0 aliphatic rings. The predicted octanol–water partition coefficient (Wildman–Crippen LogP) is 2.19. The Hall–Kier alpha value is -2.02. The third kappa shape index (κ3) is 3.77. The summed E-state index contributed by atoms with van der Waals surface area (Å²) in [6, 6.07) is 7.18. The molecule has 1 aromatic rings. The summed E-state index contributed by atoms with van der Waals surface area (Å²) in [6.45, 7) is 6.45. The first-order valence-electron chi connectivity index (χ1n) is 6.13. The maximum absolute atomic E-state index is 11.7. The molecule has 0 spiro atoms. The maximum Gasteiger partial charge on any atom is 0.242 e. The van der Waals surface area contributed by atoms with Gasteiger partial charge in [0.25, 0.3) is 0 Å². The van der Waals surface area contributed by atoms with Crippen LogP contribution in [0.4, 0.5) is 5.69 Å². The van der Waals surface area contributed by atoms with E-state index in [0.717, 1.165) is 17.7 Å². The van der Waals surface area contributed by atoms with Crippen molar-refractivity contribution in [2.45, 2.75) is 33.2 Å². The van der Waals surface area contributed by atoms with Crippen molar-refractivity contribution in [1.29, 1.82) is 5.26 Å². The van der Waals surface area contributed by atoms with Gasteiger partial charge in [-0.15, -0.1) is 0 Å². The summed E-state index contributed by atoms with van der Waals surface area (Å²) in [6.07, 6.45) is 0.925. The fraction of sp³-hybridized carbons (Fsp3) is 0.429. The number of nitrogens with one attached hydrogen (secondary N) is 2. The highest BCUT2D eigenvalue weighted by Crippen LogP contribution is 2.17. The van der Waals surface area contributed by atoms with E-state index in [0.29, 0.717) is 12.1 Å². The second kappa shape index (κ2) is 6.65. The van der Waals surface area contributed by atoms with Gasteiger partial charge in [-0.2, -0.15) is 5.26 Å². The Kier molecular flexibility index (Phi) is 5.19. The summed E-state index contributed by atoms with van der Waals surface area (Å²) in [4.78, 5) is 11.7. The van der Waals surface area contributed by atoms with Crippen LogP contribution in [-0.2, 0) is 4.79 Å². The van der Waals surface area contributed by atoms with E-state index in [1.807, 2.05) is 26.8 Å². The van der Waals surface area contributed by atoms with Crippen molar-refractivity contribution in [2.24, 2.45) is 0 Å². The topological polar surface area (TPSA) is 64.9 Å². The summed E-state index contributed by atoms with van der Waals surface area (Å²) in [5, 5.41) is 14.8. The van der Waals surface area contributed by atoms with Crippen LogP contribution in [0.25, 0.3) is 0 Å². The molecule has 96 valence electrons. The molecule has 0 radical (unpaired) electrons. The van der Waals surface area contributed by atoms with Crippen molar-refractivity contribution in [1.82, 2.24) is 5.32 Å². The van der Waals surface area contributed by atoms with Gasteiger partial charge in [0.15, 0.2) is 0 Å². The standard InChI is InChI=1S/C14H19N3O/c1-4-7-16-14(18)11(3)17-13-6-5-12(9-15)8-10(13)2/h5-6,8,11,17H,4,7H2,1-3H3,(H,16,18). The number of hydrogen-bond acceptors (Lipinski definition) is 3. The molecule has 4 nitrogen and oxygen atoms in total. The van der Waals surface area contributed by atoms with Gasteiger partial charge in [-0.1, -0.05) is 6.92 Å². The number of carbonyl (C=O) groups excluding carboxylic acids is 1. The van der Waals surface area contributed by atoms with Gasteiger partial charge in [-0.25, -0.2) is 0 Å². The monoisotopic (exact) mass is 245 g/mol. The lowest BCUT2D eigenvalue weighted by molar-refractivity contribution is -0.121. The summed E-state index contributed by atoms with van der Waals surface area (Å²) in [5.74, 6) is -0.0133. The molecule has 2 N–H and O–H groups in total. The Morgan fingerprint density at radius 3 is 2.78 bits per heavy atom. The van der Waals surface area contributed by atoms with E-state index in [-0.39, 0.29) is 11.9 Å². The normalized spacial score (nSPS) is 11.4. The molecule has 0 saturated carbocycles. The first-order valence-corrected chi connectivity index (χ1v) is 6.13. The van der Waals surface area contributed by atoms with Crippen LogP contribution in [0.15, 0.2) is 18.2 Å². The summed E-state index contributed by atoms with van der Waals surface area (Å²) in [5.41, 5.74) is 2.47. The predicted molar refractivity (Wildman–Crippen MR) is 72.3 cm³/mol. The molecule has 0 bridgehead atoms. The van der Waals surface area contributed by atoms with E-state index in [2.05, 4.69) is 16.7 Å². The van der Waals surface area contributed by atoms with Crippen LogP contribution in [0, 0.1) is 18.3 Å². The summed E-state index contributed by atoms with van der Waals surface area (Å²) >= 11 is 0. The minimum atomic E-state index is -0.289. The average Bonchev–Trinajstić information content (AvgIpc) is 2.38. The van der Waals surface area contributed by atoms with Crippen molar-refractivity contribution in [3.8, 4) is 6.07 Å². The second-order valence-electron chi connectivity index (χ2n) is 4.30. The summed E-state index contributed by atoms with van der Waals surface area (Å²) < 4.78 is 0. The third-order valence-electron chi connectivity index (χ3n) is 2.67. The van der Waals surface area contributed by atoms with E-state index < -0.39 is 0 Å². The van der Waals surface area contributed by atoms with Crippen molar-refractivity contribution in [3.05, 3.63) is 29.3 Å². The van der Waals surface area contributed by atoms with Crippen molar-refractivity contribution in [2.75, 3.05) is 11.9 Å². The average molecular weight is 245 g/mol. The van der Waals surface area contributed by atoms with Crippen LogP contribution in [0.3, 0.4) is 0 Å². The highest BCUT2D eigenvalue weighted by atomic mass is 16.2. The molecule has 0 heterocycles. The number of aryl methyl sites for hydroxylation is 1. The Balaban J connectivity index is 2.67. The number of amides is 1. The van der Waals surface area contributed by atoms with Gasteiger partial charge in [-0.05, 0) is 44.0 Å². The molecule has 1 rings (SSSR count). The van der Waals surface area contributed by atoms with Crippen molar-refractivity contribution >= 4 is 11.6 Å². The van der Waals surface area contributed by atoms with Gasteiger partial charge in [0, 0.05) is 12.2 Å². The lowest BCUT2D eigenvalue weighted by atomic mass is 10.1. The van der Waals surface area contributed by atoms with Gasteiger partial charge in [0.1, 0.15) is 6.04 Å². The summed E-state index contributed by atoms with van der Waals surface area (Å²) in [7, 11) is 0. The Bertz CT molecular complexity index is 463. The van der Waals surface area contributed by atoms with Gasteiger partial charge in [0.2, 0.25) is 5.91 Å². The zero-order chi connectivity index (χ0) is 13.5. The highest BCUT2D eigenvalue weighted by Gasteiger charge is 2.12. The maximum atomic E-state index is 11.7. The van der Waals surface area contributed by atoms with E-state index >= 15 is 0 Å². The number of hydrogen-bond donors (Lipinski definition) is 2. The minimum absolute atomic E-state index is 0.0133. The third-order valence-corrected chi connectivity index (χ3v) is 2.67. The fourth-order valence-electron chi connectivity index (χ4n) is 1.60. The Morgan fingerprint density at radius 1 is 1.50 bits per heavy atom. The highest BCUT2D eigenvalue weighted by molar-refractivity contribution is 5.84. The van der Waals surface area contributed by atoms with E-state index in [4.69, 9.17) is 5.26 Å². The molecule has 1 atom stereocenters. The van der Waals surface area contributed by atoms with Crippen molar-refractivity contribution in [3.63, 3.8) is 0 Å². The quantitative estimate of drug-likeness (QED) is 0.835. The van der Waals surface area contributed by atoms with Crippen LogP contribution < -0.4 is 10.6 Å². The number of anilines is 1. The molecule has 18 heavy (non-hydrogen) atoms. The fourth-order valence-corrected chi connectivity index (χ4v) is 1.60. The van der Waals surface area contributed by atoms with Gasteiger partial charge in [-0.3, -0.25) is 4.79 Å². The van der Waals surface area contributed by atoms with Crippen LogP contribution in [-0.4, -0.2) is 18.5 Å². The lowest BCUT2D eigenvalue weighted by Crippen LogP contribution is -2.38. The first-order chi connectivity index (χ1) is 8.58. The molecule has 0 aliphatic heterocycles. The molecular formula is C14H19N3O. The van der Waals surface area contributed by atoms with Gasteiger partial charge < -0.3 is 10.6 Å². The molecule has 4 heteroatoms. The Labute approximate surface area is 108 Å². The number of nitriles is 1. The van der Waals surface area contributed by atoms with E-state index in [1.165, 1.54) is 0 Å². The number of carbonyl (C=O) groups is 1. The largest absolute Gasteiger partial charge is 0.374 e. The lowest BCUT2D eigenvalue weighted by Gasteiger charge is -2.16. The van der Waals surface area contributed by atoms with Crippen LogP contribution in [0.1, 0.15) is 31.4 Å². The van der Waals surface area contributed by atoms with Crippen LogP contribution in [0.5, 0.6) is 0 Å². The van der Waals surface area contributed by atoms with E-state index in [1.54, 1.807) is 12.1 Å². The number of benzene rings is 1. The molecule has 0 aromatic heterocycles. The SMILES string of the molecule is CCCNC(=O)C(C)Nc1ccc(C#N)cc1C. The Morgan fingerprint density at radius 2 is 2.22 bits per heavy atom. The molecule has 0 aliphatic carbocycles. The van der Waals surface area contributed by atoms with Gasteiger partial charge >= 0.3 is 0 Å². The smallest absolute Gasteiger partial charge is 0.242 e. The number of rotatable bonds is 5. The molecule has 1 unspecified atom stereocenters. The molecule has 1 aromatic carbocycles. The molecule has 0 fully saturated rings. The zero-order valence-electron chi connectivity index (χ0n) is 11.1.